The average molecular weight is 342 g/mol. The Morgan fingerprint density at radius 3 is 2.32 bits per heavy atom. The van der Waals surface area contributed by atoms with Crippen LogP contribution < -0.4 is 10.6 Å². The Bertz CT molecular complexity index is 752. The number of phenols is 1. The Morgan fingerprint density at radius 1 is 1.09 bits per heavy atom. The largest absolute Gasteiger partial charge is 0.506 e. The van der Waals surface area contributed by atoms with Crippen molar-refractivity contribution in [1.29, 1.82) is 0 Å². The van der Waals surface area contributed by atoms with Crippen molar-refractivity contribution in [3.63, 3.8) is 0 Å². The maximum atomic E-state index is 11.8. The Kier molecular flexibility index (Phi) is 4.69. The van der Waals surface area contributed by atoms with E-state index in [4.69, 9.17) is 23.2 Å². The quantitative estimate of drug-likeness (QED) is 0.440. The number of carbonyl (C=O) groups is 1. The van der Waals surface area contributed by atoms with Gasteiger partial charge in [-0.3, -0.25) is 10.1 Å². The molecule has 0 aliphatic rings. The molecular formula is C13H9Cl2N3O4. The molecule has 0 aliphatic heterocycles. The first-order valence-electron chi connectivity index (χ1n) is 5.87. The number of halogens is 2. The van der Waals surface area contributed by atoms with Gasteiger partial charge in [0.2, 0.25) is 0 Å². The van der Waals surface area contributed by atoms with Crippen molar-refractivity contribution in [2.75, 3.05) is 10.6 Å². The van der Waals surface area contributed by atoms with E-state index in [0.717, 1.165) is 12.1 Å². The molecule has 7 nitrogen and oxygen atoms in total. The molecule has 0 saturated heterocycles. The van der Waals surface area contributed by atoms with Gasteiger partial charge >= 0.3 is 6.03 Å². The maximum Gasteiger partial charge on any atom is 0.323 e. The lowest BCUT2D eigenvalue weighted by Crippen LogP contribution is -2.19. The lowest BCUT2D eigenvalue weighted by Gasteiger charge is -2.10. The standard InChI is InChI=1S/C13H9Cl2N3O4/c14-7-1-3-10(9(15)5-7)16-13(20)17-11-4-2-8(18(21)22)6-12(11)19/h1-6,19H,(H2,16,17,20). The summed E-state index contributed by atoms with van der Waals surface area (Å²) in [5, 5.41) is 25.7. The Morgan fingerprint density at radius 2 is 1.73 bits per heavy atom. The number of aromatic hydroxyl groups is 1. The first-order valence-corrected chi connectivity index (χ1v) is 6.63. The third-order valence-electron chi connectivity index (χ3n) is 2.62. The van der Waals surface area contributed by atoms with E-state index in [9.17, 15) is 20.0 Å². The smallest absolute Gasteiger partial charge is 0.323 e. The minimum absolute atomic E-state index is 0.0215. The number of rotatable bonds is 3. The first kappa shape index (κ1) is 15.9. The summed E-state index contributed by atoms with van der Waals surface area (Å²) < 4.78 is 0. The van der Waals surface area contributed by atoms with E-state index in [1.165, 1.54) is 18.2 Å². The number of nitro groups is 1. The number of non-ortho nitro benzene ring substituents is 1. The highest BCUT2D eigenvalue weighted by Crippen LogP contribution is 2.29. The van der Waals surface area contributed by atoms with Crippen LogP contribution in [0.2, 0.25) is 10.0 Å². The second kappa shape index (κ2) is 6.50. The molecule has 0 atom stereocenters. The number of anilines is 2. The third-order valence-corrected chi connectivity index (χ3v) is 3.17. The number of benzene rings is 2. The monoisotopic (exact) mass is 341 g/mol. The summed E-state index contributed by atoms with van der Waals surface area (Å²) >= 11 is 11.7. The number of hydrogen-bond donors (Lipinski definition) is 3. The first-order chi connectivity index (χ1) is 10.4. The molecule has 9 heteroatoms. The number of hydrogen-bond acceptors (Lipinski definition) is 4. The molecule has 0 saturated carbocycles. The van der Waals surface area contributed by atoms with Gasteiger partial charge in [-0.2, -0.15) is 0 Å². The van der Waals surface area contributed by atoms with E-state index in [1.807, 2.05) is 0 Å². The highest BCUT2D eigenvalue weighted by Gasteiger charge is 2.13. The lowest BCUT2D eigenvalue weighted by molar-refractivity contribution is -0.384. The molecule has 0 radical (unpaired) electrons. The van der Waals surface area contributed by atoms with Gasteiger partial charge in [-0.05, 0) is 24.3 Å². The summed E-state index contributed by atoms with van der Waals surface area (Å²) in [7, 11) is 0. The molecule has 2 rings (SSSR count). The van der Waals surface area contributed by atoms with E-state index >= 15 is 0 Å². The van der Waals surface area contributed by atoms with Crippen LogP contribution in [0.15, 0.2) is 36.4 Å². The molecule has 0 heterocycles. The fourth-order valence-electron chi connectivity index (χ4n) is 1.61. The van der Waals surface area contributed by atoms with Crippen molar-refractivity contribution in [2.24, 2.45) is 0 Å². The molecule has 3 N–H and O–H groups in total. The molecule has 0 unspecified atom stereocenters. The van der Waals surface area contributed by atoms with Gasteiger partial charge in [0.05, 0.1) is 27.4 Å². The summed E-state index contributed by atoms with van der Waals surface area (Å²) in [5.74, 6) is -0.424. The summed E-state index contributed by atoms with van der Waals surface area (Å²) in [6.07, 6.45) is 0. The van der Waals surface area contributed by atoms with Crippen molar-refractivity contribution in [3.8, 4) is 5.75 Å². The van der Waals surface area contributed by atoms with Crippen LogP contribution in [-0.2, 0) is 0 Å². The lowest BCUT2D eigenvalue weighted by atomic mass is 10.2. The predicted molar refractivity (Wildman–Crippen MR) is 83.9 cm³/mol. The number of nitrogens with one attached hydrogen (secondary N) is 2. The molecule has 2 amide bonds. The van der Waals surface area contributed by atoms with Gasteiger partial charge in [-0.15, -0.1) is 0 Å². The van der Waals surface area contributed by atoms with E-state index < -0.39 is 16.7 Å². The van der Waals surface area contributed by atoms with Crippen LogP contribution >= 0.6 is 23.2 Å². The summed E-state index contributed by atoms with van der Waals surface area (Å²) in [6.45, 7) is 0. The molecular weight excluding hydrogens is 333 g/mol. The highest BCUT2D eigenvalue weighted by atomic mass is 35.5. The van der Waals surface area contributed by atoms with Crippen molar-refractivity contribution in [2.45, 2.75) is 0 Å². The zero-order valence-electron chi connectivity index (χ0n) is 10.8. The molecule has 0 bridgehead atoms. The highest BCUT2D eigenvalue weighted by molar-refractivity contribution is 6.36. The van der Waals surface area contributed by atoms with Crippen molar-refractivity contribution in [3.05, 3.63) is 56.6 Å². The fourth-order valence-corrected chi connectivity index (χ4v) is 2.06. The topological polar surface area (TPSA) is 104 Å². The van der Waals surface area contributed by atoms with Crippen LogP contribution in [0.5, 0.6) is 5.75 Å². The summed E-state index contributed by atoms with van der Waals surface area (Å²) in [6, 6.07) is 7.16. The second-order valence-corrected chi connectivity index (χ2v) is 5.01. The van der Waals surface area contributed by atoms with Gasteiger partial charge in [-0.25, -0.2) is 4.79 Å². The van der Waals surface area contributed by atoms with Crippen molar-refractivity contribution in [1.82, 2.24) is 0 Å². The Balaban J connectivity index is 2.10. The number of nitro benzene ring substituents is 1. The Hall–Kier alpha value is -2.51. The zero-order chi connectivity index (χ0) is 16.3. The van der Waals surface area contributed by atoms with E-state index in [2.05, 4.69) is 10.6 Å². The van der Waals surface area contributed by atoms with Crippen LogP contribution in [-0.4, -0.2) is 16.1 Å². The van der Waals surface area contributed by atoms with Gasteiger partial charge < -0.3 is 15.7 Å². The normalized spacial score (nSPS) is 10.1. The molecule has 22 heavy (non-hydrogen) atoms. The van der Waals surface area contributed by atoms with Crippen LogP contribution in [0.1, 0.15) is 0 Å². The molecule has 114 valence electrons. The number of phenolic OH excluding ortho intramolecular Hbond substituents is 1. The summed E-state index contributed by atoms with van der Waals surface area (Å²) in [5.41, 5.74) is 0.0577. The minimum atomic E-state index is -0.673. The number of carbonyl (C=O) groups excluding carboxylic acids is 1. The molecule has 0 fully saturated rings. The van der Waals surface area contributed by atoms with E-state index in [1.54, 1.807) is 6.07 Å². The molecule has 0 aliphatic carbocycles. The van der Waals surface area contributed by atoms with Gasteiger partial charge in [0.15, 0.2) is 0 Å². The van der Waals surface area contributed by atoms with E-state index in [-0.39, 0.29) is 16.4 Å². The van der Waals surface area contributed by atoms with Gasteiger partial charge in [0.25, 0.3) is 5.69 Å². The average Bonchev–Trinajstić information content (AvgIpc) is 2.44. The van der Waals surface area contributed by atoms with Gasteiger partial charge in [0.1, 0.15) is 5.75 Å². The summed E-state index contributed by atoms with van der Waals surface area (Å²) in [4.78, 5) is 21.7. The number of nitrogens with zero attached hydrogens (tertiary/aromatic N) is 1. The minimum Gasteiger partial charge on any atom is -0.506 e. The predicted octanol–water partition coefficient (Wildman–Crippen LogP) is 4.25. The third kappa shape index (κ3) is 3.78. The van der Waals surface area contributed by atoms with Gasteiger partial charge in [-0.1, -0.05) is 23.2 Å². The fraction of sp³-hybridized carbons (Fsp3) is 0. The number of amides is 2. The van der Waals surface area contributed by atoms with Crippen molar-refractivity contribution < 1.29 is 14.8 Å². The van der Waals surface area contributed by atoms with Crippen LogP contribution in [0.25, 0.3) is 0 Å². The van der Waals surface area contributed by atoms with Gasteiger partial charge in [0, 0.05) is 11.1 Å². The van der Waals surface area contributed by atoms with E-state index in [0.29, 0.717) is 10.7 Å². The van der Waals surface area contributed by atoms with Crippen LogP contribution in [0.4, 0.5) is 21.9 Å². The van der Waals surface area contributed by atoms with Crippen LogP contribution in [0, 0.1) is 10.1 Å². The molecule has 0 aromatic heterocycles. The van der Waals surface area contributed by atoms with Crippen LogP contribution in [0.3, 0.4) is 0 Å². The molecule has 0 spiro atoms. The second-order valence-electron chi connectivity index (χ2n) is 4.16. The van der Waals surface area contributed by atoms with Crippen molar-refractivity contribution >= 4 is 46.3 Å². The maximum absolute atomic E-state index is 11.8. The molecule has 2 aromatic rings. The molecule has 2 aromatic carbocycles. The Labute approximate surface area is 134 Å². The number of urea groups is 1. The SMILES string of the molecule is O=C(Nc1ccc([N+](=O)[O-])cc1O)Nc1ccc(Cl)cc1Cl. The zero-order valence-corrected chi connectivity index (χ0v) is 12.4.